The van der Waals surface area contributed by atoms with Gasteiger partial charge in [-0.1, -0.05) is 127 Å². The Morgan fingerprint density at radius 2 is 1.00 bits per heavy atom. The molecule has 228 valence electrons. The molecule has 0 spiro atoms. The summed E-state index contributed by atoms with van der Waals surface area (Å²) in [6.45, 7) is 1.29. The van der Waals surface area contributed by atoms with Crippen LogP contribution < -0.4 is 9.64 Å². The Labute approximate surface area is 271 Å². The Bertz CT molecular complexity index is 1990. The number of hydrogen-bond acceptors (Lipinski definition) is 5. The minimum atomic E-state index is -1.48. The average molecular weight is 616 g/mol. The van der Waals surface area contributed by atoms with Gasteiger partial charge in [-0.15, -0.1) is 0 Å². The summed E-state index contributed by atoms with van der Waals surface area (Å²) in [5.41, 5.74) is 1.76. The summed E-state index contributed by atoms with van der Waals surface area (Å²) in [5, 5.41) is 0. The largest absolute Gasteiger partial charge is 0.427 e. The van der Waals surface area contributed by atoms with E-state index < -0.39 is 40.4 Å². The molecule has 0 radical (unpaired) electrons. The molecule has 4 atom stereocenters. The zero-order valence-corrected chi connectivity index (χ0v) is 25.5. The van der Waals surface area contributed by atoms with Crippen molar-refractivity contribution in [2.45, 2.75) is 17.8 Å². The Balaban J connectivity index is 1.51. The maximum absolute atomic E-state index is 15.9. The number of hydrogen-bond donors (Lipinski definition) is 0. The van der Waals surface area contributed by atoms with Gasteiger partial charge in [0.05, 0.1) is 28.4 Å². The molecule has 1 heterocycles. The highest BCUT2D eigenvalue weighted by atomic mass is 16.5. The number of rotatable bonds is 6. The van der Waals surface area contributed by atoms with Gasteiger partial charge >= 0.3 is 5.97 Å². The van der Waals surface area contributed by atoms with Crippen LogP contribution >= 0.6 is 0 Å². The smallest absolute Gasteiger partial charge is 0.308 e. The van der Waals surface area contributed by atoms with Gasteiger partial charge in [-0.3, -0.25) is 19.2 Å². The molecule has 6 heteroatoms. The normalized spacial score (nSPS) is 24.5. The van der Waals surface area contributed by atoms with Crippen molar-refractivity contribution in [3.8, 4) is 5.75 Å². The molecular weight excluding hydrogens is 586 g/mol. The first-order chi connectivity index (χ1) is 22.9. The van der Waals surface area contributed by atoms with Gasteiger partial charge in [0, 0.05) is 13.0 Å². The van der Waals surface area contributed by atoms with Crippen LogP contribution in [0.15, 0.2) is 146 Å². The second-order valence-electron chi connectivity index (χ2n) is 12.2. The van der Waals surface area contributed by atoms with E-state index in [9.17, 15) is 4.79 Å². The molecular formula is C41H29NO5. The molecule has 8 rings (SSSR count). The number of imide groups is 1. The number of allylic oxidation sites excluding steroid dienone is 2. The fourth-order valence-corrected chi connectivity index (χ4v) is 8.44. The van der Waals surface area contributed by atoms with E-state index in [1.807, 2.05) is 121 Å². The number of fused-ring (bicyclic) bond motifs is 5. The topological polar surface area (TPSA) is 80.8 Å². The first-order valence-electron chi connectivity index (χ1n) is 15.6. The van der Waals surface area contributed by atoms with Crippen molar-refractivity contribution >= 4 is 40.4 Å². The lowest BCUT2D eigenvalue weighted by Crippen LogP contribution is -2.45. The Morgan fingerprint density at radius 1 is 0.574 bits per heavy atom. The van der Waals surface area contributed by atoms with Crippen molar-refractivity contribution in [3.63, 3.8) is 0 Å². The lowest BCUT2D eigenvalue weighted by molar-refractivity contribution is -0.132. The highest BCUT2D eigenvalue weighted by Crippen LogP contribution is 2.74. The van der Waals surface area contributed by atoms with Crippen LogP contribution in [0.4, 0.5) is 5.69 Å². The van der Waals surface area contributed by atoms with Crippen molar-refractivity contribution in [1.29, 1.82) is 0 Å². The SMILES string of the molecule is CC(=O)Oc1cccc(N2C(=O)[C@@H]3[C@H](C2=O)[C@@]2(c4ccccc4)C(=O)[C@@]3(c3ccccc3)C(c3ccccc3)=C2c2ccccc2)c1. The third-order valence-electron chi connectivity index (χ3n) is 9.91. The van der Waals surface area contributed by atoms with Crippen LogP contribution in [-0.4, -0.2) is 23.6 Å². The van der Waals surface area contributed by atoms with E-state index >= 15 is 14.4 Å². The maximum Gasteiger partial charge on any atom is 0.308 e. The number of ether oxygens (including phenoxy) is 1. The van der Waals surface area contributed by atoms with Gasteiger partial charge in [0.1, 0.15) is 5.75 Å². The number of esters is 1. The van der Waals surface area contributed by atoms with Gasteiger partial charge in [0.2, 0.25) is 11.8 Å². The van der Waals surface area contributed by atoms with Crippen molar-refractivity contribution in [1.82, 2.24) is 0 Å². The van der Waals surface area contributed by atoms with Crippen LogP contribution in [0.3, 0.4) is 0 Å². The summed E-state index contributed by atoms with van der Waals surface area (Å²) in [6.07, 6.45) is 0. The van der Waals surface area contributed by atoms with Gasteiger partial charge in [-0.05, 0) is 45.5 Å². The summed E-state index contributed by atoms with van der Waals surface area (Å²) in [6, 6.07) is 44.8. The molecule has 1 aliphatic heterocycles. The number of carbonyl (C=O) groups excluding carboxylic acids is 4. The monoisotopic (exact) mass is 615 g/mol. The third kappa shape index (κ3) is 3.78. The average Bonchev–Trinajstić information content (AvgIpc) is 3.61. The van der Waals surface area contributed by atoms with Crippen LogP contribution in [0.1, 0.15) is 29.2 Å². The van der Waals surface area contributed by atoms with Crippen LogP contribution in [0.2, 0.25) is 0 Å². The molecule has 0 aromatic heterocycles. The molecule has 3 aliphatic rings. The molecule has 5 aromatic carbocycles. The fraction of sp³-hybridized carbons (Fsp3) is 0.122. The molecule has 2 aliphatic carbocycles. The summed E-state index contributed by atoms with van der Waals surface area (Å²) < 4.78 is 5.33. The summed E-state index contributed by atoms with van der Waals surface area (Å²) >= 11 is 0. The van der Waals surface area contributed by atoms with E-state index in [4.69, 9.17) is 4.74 Å². The minimum absolute atomic E-state index is 0.176. The van der Waals surface area contributed by atoms with Crippen molar-refractivity contribution in [2.75, 3.05) is 4.90 Å². The van der Waals surface area contributed by atoms with Gasteiger partial charge in [-0.2, -0.15) is 0 Å². The van der Waals surface area contributed by atoms with E-state index in [1.165, 1.54) is 17.9 Å². The van der Waals surface area contributed by atoms with Crippen molar-refractivity contribution in [2.24, 2.45) is 11.8 Å². The van der Waals surface area contributed by atoms with Crippen LogP contribution in [0.5, 0.6) is 5.75 Å². The Hall–Kier alpha value is -5.88. The molecule has 1 saturated heterocycles. The molecule has 2 fully saturated rings. The van der Waals surface area contributed by atoms with Crippen LogP contribution in [-0.2, 0) is 30.0 Å². The first-order valence-corrected chi connectivity index (χ1v) is 15.6. The minimum Gasteiger partial charge on any atom is -0.427 e. The number of ketones is 1. The van der Waals surface area contributed by atoms with E-state index in [0.717, 1.165) is 22.3 Å². The Morgan fingerprint density at radius 3 is 1.43 bits per heavy atom. The highest BCUT2D eigenvalue weighted by molar-refractivity contribution is 6.39. The molecule has 1 saturated carbocycles. The number of Topliss-reactive ketones (excluding diaryl/α,β-unsaturated/α-hetero) is 1. The number of carbonyl (C=O) groups is 4. The van der Waals surface area contributed by atoms with Gasteiger partial charge in [0.15, 0.2) is 5.78 Å². The van der Waals surface area contributed by atoms with Crippen LogP contribution in [0.25, 0.3) is 11.1 Å². The van der Waals surface area contributed by atoms with Crippen LogP contribution in [0, 0.1) is 11.8 Å². The quantitative estimate of drug-likeness (QED) is 0.119. The zero-order valence-electron chi connectivity index (χ0n) is 25.5. The van der Waals surface area contributed by atoms with E-state index in [-0.39, 0.29) is 17.2 Å². The highest BCUT2D eigenvalue weighted by Gasteiger charge is 2.82. The molecule has 0 unspecified atom stereocenters. The number of benzene rings is 5. The summed E-state index contributed by atoms with van der Waals surface area (Å²) in [7, 11) is 0. The van der Waals surface area contributed by atoms with Gasteiger partial charge < -0.3 is 4.74 Å². The standard InChI is InChI=1S/C41H29NO5/c1-26(43)47-32-24-14-23-31(25-32)42-37(44)35-36(38(42)45)41(30-21-12-5-13-22-30)34(28-17-8-3-9-18-28)33(27-15-6-2-7-16-27)40(35,39(41)46)29-19-10-4-11-20-29/h2-25,35-36H,1H3/t35-,36+,40-,41-/m0/s1. The predicted molar refractivity (Wildman–Crippen MR) is 178 cm³/mol. The summed E-state index contributed by atoms with van der Waals surface area (Å²) in [5.74, 6) is -3.47. The van der Waals surface area contributed by atoms with E-state index in [1.54, 1.807) is 18.2 Å². The Kier molecular flexibility index (Phi) is 6.44. The van der Waals surface area contributed by atoms with Gasteiger partial charge in [-0.25, -0.2) is 4.90 Å². The lowest BCUT2D eigenvalue weighted by atomic mass is 9.59. The number of anilines is 1. The van der Waals surface area contributed by atoms with E-state index in [2.05, 4.69) is 0 Å². The van der Waals surface area contributed by atoms with Crippen molar-refractivity contribution < 1.29 is 23.9 Å². The van der Waals surface area contributed by atoms with Gasteiger partial charge in [0.25, 0.3) is 0 Å². The second kappa shape index (κ2) is 10.6. The number of nitrogens with zero attached hydrogens (tertiary/aromatic N) is 1. The summed E-state index contributed by atoms with van der Waals surface area (Å²) in [4.78, 5) is 59.0. The second-order valence-corrected chi connectivity index (χ2v) is 12.2. The molecule has 2 amide bonds. The predicted octanol–water partition coefficient (Wildman–Crippen LogP) is 6.80. The number of amides is 2. The fourth-order valence-electron chi connectivity index (χ4n) is 8.44. The zero-order chi connectivity index (χ0) is 32.3. The molecule has 0 N–H and O–H groups in total. The molecule has 2 bridgehead atoms. The molecule has 47 heavy (non-hydrogen) atoms. The molecule has 5 aromatic rings. The van der Waals surface area contributed by atoms with E-state index in [0.29, 0.717) is 11.1 Å². The maximum atomic E-state index is 15.9. The first kappa shape index (κ1) is 28.6. The third-order valence-corrected chi connectivity index (χ3v) is 9.91. The van der Waals surface area contributed by atoms with Crippen molar-refractivity contribution in [3.05, 3.63) is 168 Å². The molecule has 6 nitrogen and oxygen atoms in total. The lowest BCUT2D eigenvalue weighted by Gasteiger charge is -2.39.